The third kappa shape index (κ3) is 14.4. The number of alkyl halides is 24. The standard InChI is InChI=1S/C32H12BF24.C19H15N4O/c34-25(35,36)13-1-14(26(37,38)39)6-21(5-13)33(22-7-15(27(40,41)42)2-16(8-22)28(43,44)45,23-9-17(29(46,47)48)3-18(10-23)30(49,50)51)24-11-19(31(52,53)54)4-20(12-24)32(55,56)57;20-22-21-17-10-6-9-16(13-17)18-11-4-5-12-23(18)14-19(24)15-7-2-1-3-8-15/h1-12H;1-13H,14H2/q-1;+1. The molecule has 0 aliphatic heterocycles. The average molecular weight is 1180 g/mol. The van der Waals surface area contributed by atoms with E-state index in [9.17, 15) is 110 Å². The summed E-state index contributed by atoms with van der Waals surface area (Å²) >= 11 is 0. The fraction of sp³-hybridized carbons (Fsp3) is 0.176. The summed E-state index contributed by atoms with van der Waals surface area (Å²) in [5, 5.41) is 3.64. The third-order valence-electron chi connectivity index (χ3n) is 12.1. The zero-order chi connectivity index (χ0) is 60.7. The van der Waals surface area contributed by atoms with Crippen molar-refractivity contribution in [1.82, 2.24) is 0 Å². The molecule has 0 amide bonds. The highest BCUT2D eigenvalue weighted by atomic mass is 19.4. The van der Waals surface area contributed by atoms with Gasteiger partial charge in [0.15, 0.2) is 6.20 Å². The fourth-order valence-corrected chi connectivity index (χ4v) is 8.60. The maximum absolute atomic E-state index is 14.2. The summed E-state index contributed by atoms with van der Waals surface area (Å²) in [5.41, 5.74) is -18.6. The van der Waals surface area contributed by atoms with Gasteiger partial charge in [0.25, 0.3) is 0 Å². The van der Waals surface area contributed by atoms with E-state index in [1.54, 1.807) is 12.1 Å². The van der Waals surface area contributed by atoms with Gasteiger partial charge in [-0.25, -0.2) is 0 Å². The van der Waals surface area contributed by atoms with Crippen molar-refractivity contribution in [3.05, 3.63) is 212 Å². The molecular formula is C51H27BF24N4O. The van der Waals surface area contributed by atoms with Crippen LogP contribution in [0.25, 0.3) is 21.7 Å². The van der Waals surface area contributed by atoms with Crippen molar-refractivity contribution in [2.75, 3.05) is 0 Å². The number of halogens is 24. The van der Waals surface area contributed by atoms with Gasteiger partial charge in [0.05, 0.1) is 44.5 Å². The van der Waals surface area contributed by atoms with E-state index in [-0.39, 0.29) is 12.3 Å². The van der Waals surface area contributed by atoms with Gasteiger partial charge in [0.2, 0.25) is 18.0 Å². The fourth-order valence-electron chi connectivity index (χ4n) is 8.60. The van der Waals surface area contributed by atoms with Gasteiger partial charge in [-0.3, -0.25) is 4.79 Å². The van der Waals surface area contributed by atoms with Gasteiger partial charge in [-0.1, -0.05) is 96.1 Å². The Morgan fingerprint density at radius 1 is 0.395 bits per heavy atom. The van der Waals surface area contributed by atoms with Crippen LogP contribution in [-0.4, -0.2) is 11.9 Å². The summed E-state index contributed by atoms with van der Waals surface area (Å²) in [4.78, 5) is 15.3. The number of nitrogens with zero attached hydrogens (tertiary/aromatic N) is 4. The highest BCUT2D eigenvalue weighted by Gasteiger charge is 2.47. The Kier molecular flexibility index (Phi) is 16.9. The highest BCUT2D eigenvalue weighted by Crippen LogP contribution is 2.41. The van der Waals surface area contributed by atoms with Crippen LogP contribution in [0.3, 0.4) is 0 Å². The van der Waals surface area contributed by atoms with Crippen LogP contribution < -0.4 is 26.4 Å². The van der Waals surface area contributed by atoms with Crippen LogP contribution in [0.15, 0.2) is 157 Å². The predicted molar refractivity (Wildman–Crippen MR) is 242 cm³/mol. The molecule has 0 aliphatic carbocycles. The molecule has 1 aromatic heterocycles. The molecule has 81 heavy (non-hydrogen) atoms. The van der Waals surface area contributed by atoms with E-state index in [1.165, 1.54) is 0 Å². The smallest absolute Gasteiger partial charge is 0.287 e. The molecule has 0 radical (unpaired) electrons. The van der Waals surface area contributed by atoms with Crippen LogP contribution >= 0.6 is 0 Å². The third-order valence-corrected chi connectivity index (χ3v) is 12.1. The number of hydrogen-bond donors (Lipinski definition) is 0. The molecule has 0 spiro atoms. The van der Waals surface area contributed by atoms with Gasteiger partial charge in [0.1, 0.15) is 6.15 Å². The molecule has 0 N–H and O–H groups in total. The van der Waals surface area contributed by atoms with Crippen molar-refractivity contribution in [3.63, 3.8) is 0 Å². The zero-order valence-corrected chi connectivity index (χ0v) is 39.5. The van der Waals surface area contributed by atoms with E-state index in [1.807, 2.05) is 71.4 Å². The Balaban J connectivity index is 0.000000363. The van der Waals surface area contributed by atoms with Gasteiger partial charge in [0, 0.05) is 33.9 Å². The Hall–Kier alpha value is -8.17. The lowest BCUT2D eigenvalue weighted by Crippen LogP contribution is -2.75. The number of azide groups is 1. The van der Waals surface area contributed by atoms with Crippen molar-refractivity contribution < 1.29 is 115 Å². The lowest BCUT2D eigenvalue weighted by atomic mass is 9.12. The van der Waals surface area contributed by atoms with Crippen LogP contribution in [0.1, 0.15) is 54.9 Å². The average Bonchev–Trinajstić information content (AvgIpc) is 3.17. The van der Waals surface area contributed by atoms with E-state index in [0.29, 0.717) is 11.3 Å². The monoisotopic (exact) mass is 1180 g/mol. The molecule has 428 valence electrons. The topological polar surface area (TPSA) is 69.7 Å². The summed E-state index contributed by atoms with van der Waals surface area (Å²) in [6.45, 7) is 0.242. The van der Waals surface area contributed by atoms with Crippen molar-refractivity contribution in [2.24, 2.45) is 5.11 Å². The first-order valence-corrected chi connectivity index (χ1v) is 22.1. The summed E-state index contributed by atoms with van der Waals surface area (Å²) < 4.78 is 343. The molecule has 6 aromatic carbocycles. The van der Waals surface area contributed by atoms with E-state index in [2.05, 4.69) is 10.0 Å². The summed E-state index contributed by atoms with van der Waals surface area (Å²) in [7, 11) is 0. The number of ketones is 1. The minimum Gasteiger partial charge on any atom is -0.287 e. The second-order valence-corrected chi connectivity index (χ2v) is 17.5. The number of Topliss-reactive ketones (excluding diaryl/α,β-unsaturated/α-hetero) is 1. The maximum atomic E-state index is 14.2. The van der Waals surface area contributed by atoms with Gasteiger partial charge in [-0.15, -0.1) is 0 Å². The van der Waals surface area contributed by atoms with Gasteiger partial charge >= 0.3 is 49.4 Å². The number of carbonyl (C=O) groups is 1. The Labute approximate surface area is 438 Å². The van der Waals surface area contributed by atoms with Crippen molar-refractivity contribution in [1.29, 1.82) is 0 Å². The van der Waals surface area contributed by atoms with E-state index in [4.69, 9.17) is 5.53 Å². The molecule has 0 aliphatic rings. The van der Waals surface area contributed by atoms with Crippen molar-refractivity contribution in [3.8, 4) is 11.3 Å². The normalized spacial score (nSPS) is 13.0. The second-order valence-electron chi connectivity index (χ2n) is 17.5. The number of hydrogen-bond acceptors (Lipinski definition) is 2. The molecule has 0 unspecified atom stereocenters. The van der Waals surface area contributed by atoms with Crippen molar-refractivity contribution in [2.45, 2.75) is 56.0 Å². The Morgan fingerprint density at radius 3 is 1.00 bits per heavy atom. The molecule has 7 rings (SSSR count). The molecule has 30 heteroatoms. The molecule has 7 aromatic rings. The SMILES string of the molecule is FC(F)(F)c1cc([B-](c2cc(C(F)(F)F)cc(C(F)(F)F)c2)(c2cc(C(F)(F)F)cc(C(F)(F)F)c2)c2cc(C(F)(F)F)cc(C(F)(F)F)c2)cc(C(F)(F)F)c1.[N-]=[N+]=Nc1cccc(-c2cccc[n+]2CC(=O)c2ccccc2)c1. The van der Waals surface area contributed by atoms with Crippen molar-refractivity contribution >= 4 is 39.5 Å². The molecule has 0 bridgehead atoms. The molecule has 0 fully saturated rings. The Morgan fingerprint density at radius 2 is 0.704 bits per heavy atom. The number of rotatable bonds is 9. The van der Waals surface area contributed by atoms with Gasteiger partial charge < -0.3 is 0 Å². The number of pyridine rings is 1. The zero-order valence-electron chi connectivity index (χ0n) is 39.5. The molecule has 1 heterocycles. The summed E-state index contributed by atoms with van der Waals surface area (Å²) in [5.74, 6) is 0.0410. The first kappa shape index (κ1) is 62.0. The maximum Gasteiger partial charge on any atom is 0.416 e. The molecule has 0 saturated carbocycles. The number of carbonyl (C=O) groups excluding carboxylic acids is 1. The van der Waals surface area contributed by atoms with Crippen LogP contribution in [0, 0.1) is 0 Å². The van der Waals surface area contributed by atoms with Crippen LogP contribution in [0.4, 0.5) is 111 Å². The second kappa shape index (κ2) is 22.1. The summed E-state index contributed by atoms with van der Waals surface area (Å²) in [6.07, 6.45) is -52.9. The first-order valence-electron chi connectivity index (χ1n) is 22.1. The Bertz CT molecular complexity index is 3060. The molecule has 0 saturated heterocycles. The quantitative estimate of drug-likeness (QED) is 0.0270. The highest BCUT2D eigenvalue weighted by molar-refractivity contribution is 7.20. The minimum absolute atomic E-state index is 0.0410. The number of aromatic nitrogens is 1. The van der Waals surface area contributed by atoms with Crippen LogP contribution in [0.5, 0.6) is 0 Å². The summed E-state index contributed by atoms with van der Waals surface area (Å²) in [6, 6.07) is 13.5. The molecule has 5 nitrogen and oxygen atoms in total. The molecular weight excluding hydrogens is 1150 g/mol. The predicted octanol–water partition coefficient (Wildman–Crippen LogP) is 15.7. The minimum atomic E-state index is -6.13. The van der Waals surface area contributed by atoms with Gasteiger partial charge in [-0.05, 0) is 48.0 Å². The largest absolute Gasteiger partial charge is 0.416 e. The van der Waals surface area contributed by atoms with E-state index >= 15 is 0 Å². The van der Waals surface area contributed by atoms with E-state index in [0.717, 1.165) is 11.3 Å². The molecule has 0 atom stereocenters. The lowest BCUT2D eigenvalue weighted by molar-refractivity contribution is -0.672. The van der Waals surface area contributed by atoms with Gasteiger partial charge in [-0.2, -0.15) is 132 Å². The number of benzene rings is 6. The lowest BCUT2D eigenvalue weighted by Gasteiger charge is -2.46. The first-order chi connectivity index (χ1) is 37.0. The van der Waals surface area contributed by atoms with Crippen LogP contribution in [0.2, 0.25) is 0 Å². The van der Waals surface area contributed by atoms with E-state index < -0.39 is 195 Å². The van der Waals surface area contributed by atoms with Crippen LogP contribution in [-0.2, 0) is 56.0 Å².